The van der Waals surface area contributed by atoms with Gasteiger partial charge < -0.3 is 15.0 Å². The molecule has 24 heavy (non-hydrogen) atoms. The second-order valence-corrected chi connectivity index (χ2v) is 7.94. The van der Waals surface area contributed by atoms with E-state index in [9.17, 15) is 4.79 Å². The van der Waals surface area contributed by atoms with Gasteiger partial charge in [-0.2, -0.15) is 0 Å². The number of nitrogens with one attached hydrogen (secondary N) is 1. The highest BCUT2D eigenvalue weighted by molar-refractivity contribution is 5.86. The fraction of sp³-hybridized carbons (Fsp3) is 0.947. The lowest BCUT2D eigenvalue weighted by Crippen LogP contribution is -2.61. The minimum Gasteiger partial charge on any atom is -0.375 e. The molecule has 1 atom stereocenters. The maximum atomic E-state index is 13.1. The van der Waals surface area contributed by atoms with E-state index >= 15 is 0 Å². The maximum Gasteiger partial charge on any atom is 0.240 e. The van der Waals surface area contributed by atoms with Gasteiger partial charge in [-0.05, 0) is 52.2 Å². The predicted molar refractivity (Wildman–Crippen MR) is 96.1 cm³/mol. The van der Waals surface area contributed by atoms with Gasteiger partial charge in [-0.1, -0.05) is 25.7 Å². The number of amides is 1. The molecule has 1 saturated carbocycles. The summed E-state index contributed by atoms with van der Waals surface area (Å²) in [4.78, 5) is 17.9. The number of rotatable bonds is 5. The molecule has 2 heterocycles. The van der Waals surface area contributed by atoms with E-state index in [1.165, 1.54) is 38.5 Å². The molecule has 1 amide bonds. The summed E-state index contributed by atoms with van der Waals surface area (Å²) in [7, 11) is 2.14. The Hall–Kier alpha value is -0.650. The first-order valence-corrected chi connectivity index (χ1v) is 10.0. The van der Waals surface area contributed by atoms with E-state index in [0.717, 1.165) is 58.6 Å². The van der Waals surface area contributed by atoms with E-state index in [1.54, 1.807) is 0 Å². The van der Waals surface area contributed by atoms with Crippen molar-refractivity contribution in [2.75, 3.05) is 46.4 Å². The molecule has 2 saturated heterocycles. The van der Waals surface area contributed by atoms with Crippen LogP contribution in [0.25, 0.3) is 0 Å². The van der Waals surface area contributed by atoms with Crippen molar-refractivity contribution in [2.24, 2.45) is 0 Å². The Labute approximate surface area is 147 Å². The fourth-order valence-electron chi connectivity index (χ4n) is 4.70. The van der Waals surface area contributed by atoms with E-state index in [1.807, 2.05) is 0 Å². The quantitative estimate of drug-likeness (QED) is 0.833. The Morgan fingerprint density at radius 1 is 1.08 bits per heavy atom. The van der Waals surface area contributed by atoms with Crippen molar-refractivity contribution in [1.82, 2.24) is 15.1 Å². The molecule has 3 aliphatic rings. The van der Waals surface area contributed by atoms with Gasteiger partial charge in [-0.15, -0.1) is 0 Å². The second-order valence-electron chi connectivity index (χ2n) is 7.94. The Kier molecular flexibility index (Phi) is 6.53. The number of nitrogens with zero attached hydrogens (tertiary/aromatic N) is 2. The van der Waals surface area contributed by atoms with Crippen molar-refractivity contribution < 1.29 is 9.53 Å². The number of carbonyl (C=O) groups is 1. The molecule has 0 radical (unpaired) electrons. The number of hydrogen-bond acceptors (Lipinski definition) is 4. The molecule has 0 aromatic heterocycles. The molecular weight excluding hydrogens is 302 g/mol. The Bertz CT molecular complexity index is 403. The number of hydrogen-bond donors (Lipinski definition) is 1. The van der Waals surface area contributed by atoms with Crippen LogP contribution in [0.4, 0.5) is 0 Å². The van der Waals surface area contributed by atoms with E-state index in [-0.39, 0.29) is 17.6 Å². The van der Waals surface area contributed by atoms with Crippen molar-refractivity contribution in [3.8, 4) is 0 Å². The van der Waals surface area contributed by atoms with Gasteiger partial charge in [0.1, 0.15) is 5.54 Å². The topological polar surface area (TPSA) is 44.8 Å². The zero-order chi connectivity index (χ0) is 16.8. The first-order valence-electron chi connectivity index (χ1n) is 10.0. The fourth-order valence-corrected chi connectivity index (χ4v) is 4.70. The minimum atomic E-state index is -0.219. The number of likely N-dealkylation sites (N-methyl/N-ethyl adjacent to an activating group) is 1. The highest BCUT2D eigenvalue weighted by atomic mass is 16.5. The number of likely N-dealkylation sites (tertiary alicyclic amines) is 1. The van der Waals surface area contributed by atoms with Crippen LogP contribution in [-0.2, 0) is 9.53 Å². The molecule has 5 heteroatoms. The third-order valence-corrected chi connectivity index (χ3v) is 6.16. The molecule has 2 aliphatic heterocycles. The lowest BCUT2D eigenvalue weighted by molar-refractivity contribution is -0.137. The zero-order valence-corrected chi connectivity index (χ0v) is 15.4. The summed E-state index contributed by atoms with van der Waals surface area (Å²) >= 11 is 0. The lowest BCUT2D eigenvalue weighted by atomic mass is 9.78. The summed E-state index contributed by atoms with van der Waals surface area (Å²) in [6, 6.07) is 0. The van der Waals surface area contributed by atoms with Crippen molar-refractivity contribution in [2.45, 2.75) is 69.4 Å². The molecule has 3 fully saturated rings. The number of ether oxygens (including phenoxy) is 1. The first-order chi connectivity index (χ1) is 11.7. The Morgan fingerprint density at radius 2 is 1.79 bits per heavy atom. The standard InChI is InChI=1S/C19H35N3O2/c1-21-14-15-24-17(16-21)8-11-20-18(23)19(9-4-2-5-10-19)22-12-6-3-7-13-22/h17H,2-16H2,1H3,(H,20,23)/t17-/m0/s1. The SMILES string of the molecule is CN1CCO[C@@H](CCNC(=O)C2(N3CCCCC3)CCCCC2)C1. The van der Waals surface area contributed by atoms with Crippen molar-refractivity contribution in [3.63, 3.8) is 0 Å². The minimum absolute atomic E-state index is 0.219. The van der Waals surface area contributed by atoms with Crippen molar-refractivity contribution >= 4 is 5.91 Å². The smallest absolute Gasteiger partial charge is 0.240 e. The van der Waals surface area contributed by atoms with Gasteiger partial charge in [0.15, 0.2) is 0 Å². The number of morpholine rings is 1. The molecule has 0 aromatic rings. The average molecular weight is 338 g/mol. The molecule has 0 unspecified atom stereocenters. The monoisotopic (exact) mass is 337 g/mol. The highest BCUT2D eigenvalue weighted by Gasteiger charge is 2.44. The van der Waals surface area contributed by atoms with Crippen molar-refractivity contribution in [3.05, 3.63) is 0 Å². The molecule has 0 aromatic carbocycles. The maximum absolute atomic E-state index is 13.1. The van der Waals surface area contributed by atoms with Gasteiger partial charge in [-0.25, -0.2) is 0 Å². The number of carbonyl (C=O) groups excluding carboxylic acids is 1. The summed E-state index contributed by atoms with van der Waals surface area (Å²) in [5.41, 5.74) is -0.219. The molecule has 0 spiro atoms. The van der Waals surface area contributed by atoms with Gasteiger partial charge in [0, 0.05) is 19.6 Å². The van der Waals surface area contributed by atoms with Gasteiger partial charge in [0.25, 0.3) is 0 Å². The van der Waals surface area contributed by atoms with Crippen LogP contribution >= 0.6 is 0 Å². The zero-order valence-electron chi connectivity index (χ0n) is 15.4. The first kappa shape index (κ1) is 18.2. The Balaban J connectivity index is 1.53. The molecule has 3 rings (SSSR count). The molecule has 1 aliphatic carbocycles. The van der Waals surface area contributed by atoms with Gasteiger partial charge in [0.05, 0.1) is 12.7 Å². The van der Waals surface area contributed by atoms with Gasteiger partial charge in [-0.3, -0.25) is 9.69 Å². The molecule has 0 bridgehead atoms. The van der Waals surface area contributed by atoms with Crippen LogP contribution in [0.15, 0.2) is 0 Å². The predicted octanol–water partition coefficient (Wildman–Crippen LogP) is 2.01. The van der Waals surface area contributed by atoms with Crippen LogP contribution < -0.4 is 5.32 Å². The van der Waals surface area contributed by atoms with Crippen LogP contribution in [0.1, 0.15) is 57.8 Å². The van der Waals surface area contributed by atoms with E-state index in [2.05, 4.69) is 22.2 Å². The second kappa shape index (κ2) is 8.63. The Morgan fingerprint density at radius 3 is 2.50 bits per heavy atom. The van der Waals surface area contributed by atoms with Crippen LogP contribution in [0.2, 0.25) is 0 Å². The largest absolute Gasteiger partial charge is 0.375 e. The lowest BCUT2D eigenvalue weighted by Gasteiger charge is -2.46. The summed E-state index contributed by atoms with van der Waals surface area (Å²) in [6.45, 7) is 5.75. The summed E-state index contributed by atoms with van der Waals surface area (Å²) in [5.74, 6) is 0.285. The van der Waals surface area contributed by atoms with Gasteiger partial charge in [0.2, 0.25) is 5.91 Å². The summed E-state index contributed by atoms with van der Waals surface area (Å²) in [5, 5.41) is 3.27. The highest BCUT2D eigenvalue weighted by Crippen LogP contribution is 2.35. The van der Waals surface area contributed by atoms with E-state index in [4.69, 9.17) is 4.74 Å². The van der Waals surface area contributed by atoms with Gasteiger partial charge >= 0.3 is 0 Å². The van der Waals surface area contributed by atoms with Crippen LogP contribution in [0.5, 0.6) is 0 Å². The summed E-state index contributed by atoms with van der Waals surface area (Å²) < 4.78 is 5.81. The van der Waals surface area contributed by atoms with Crippen molar-refractivity contribution in [1.29, 1.82) is 0 Å². The van der Waals surface area contributed by atoms with Crippen LogP contribution in [0.3, 0.4) is 0 Å². The van der Waals surface area contributed by atoms with Crippen LogP contribution in [-0.4, -0.2) is 73.7 Å². The van der Waals surface area contributed by atoms with E-state index < -0.39 is 0 Å². The van der Waals surface area contributed by atoms with Crippen LogP contribution in [0, 0.1) is 0 Å². The van der Waals surface area contributed by atoms with E-state index in [0.29, 0.717) is 0 Å². The third-order valence-electron chi connectivity index (χ3n) is 6.16. The third kappa shape index (κ3) is 4.30. The normalized spacial score (nSPS) is 29.3. The molecule has 138 valence electrons. The molecule has 1 N–H and O–H groups in total. The average Bonchev–Trinajstić information content (AvgIpc) is 2.63. The number of piperidine rings is 1. The molecular formula is C19H35N3O2. The molecule has 5 nitrogen and oxygen atoms in total. The summed E-state index contributed by atoms with van der Waals surface area (Å²) in [6.07, 6.45) is 10.8.